The highest BCUT2D eigenvalue weighted by Gasteiger charge is 2.26. The van der Waals surface area contributed by atoms with E-state index >= 15 is 0 Å². The molecule has 0 aromatic rings. The summed E-state index contributed by atoms with van der Waals surface area (Å²) in [7, 11) is 1.73. The average molecular weight is 215 g/mol. The lowest BCUT2D eigenvalue weighted by Crippen LogP contribution is -2.50. The summed E-state index contributed by atoms with van der Waals surface area (Å²) in [5.74, 6) is 0.541. The van der Waals surface area contributed by atoms with E-state index in [0.29, 0.717) is 12.0 Å². The molecule has 0 aromatic heterocycles. The summed E-state index contributed by atoms with van der Waals surface area (Å²) in [6.07, 6.45) is 4.25. The van der Waals surface area contributed by atoms with Crippen molar-refractivity contribution in [3.8, 4) is 0 Å². The van der Waals surface area contributed by atoms with Gasteiger partial charge in [0.1, 0.15) is 0 Å². The molecule has 0 aliphatic heterocycles. The number of rotatable bonds is 5. The number of ether oxygens (including phenoxy) is 1. The number of aliphatic hydroxyl groups excluding tert-OH is 1. The van der Waals surface area contributed by atoms with Crippen molar-refractivity contribution in [2.24, 2.45) is 5.92 Å². The second-order valence-electron chi connectivity index (χ2n) is 4.93. The van der Waals surface area contributed by atoms with Gasteiger partial charge in [-0.15, -0.1) is 0 Å². The lowest BCUT2D eigenvalue weighted by molar-refractivity contribution is 0.0656. The van der Waals surface area contributed by atoms with Gasteiger partial charge in [0.2, 0.25) is 0 Å². The molecule has 1 aliphatic carbocycles. The molecule has 0 heterocycles. The molecule has 0 spiro atoms. The topological polar surface area (TPSA) is 41.5 Å². The van der Waals surface area contributed by atoms with Crippen LogP contribution >= 0.6 is 0 Å². The zero-order chi connectivity index (χ0) is 11.3. The van der Waals surface area contributed by atoms with Gasteiger partial charge in [-0.1, -0.05) is 26.7 Å². The van der Waals surface area contributed by atoms with Crippen LogP contribution < -0.4 is 5.32 Å². The van der Waals surface area contributed by atoms with Crippen LogP contribution in [0.2, 0.25) is 0 Å². The molecule has 1 saturated carbocycles. The summed E-state index contributed by atoms with van der Waals surface area (Å²) in [5, 5.41) is 13.4. The Hall–Kier alpha value is -0.120. The Morgan fingerprint density at radius 3 is 2.53 bits per heavy atom. The number of hydrogen-bond acceptors (Lipinski definition) is 3. The molecule has 3 heteroatoms. The summed E-state index contributed by atoms with van der Waals surface area (Å²) in [6, 6.07) is 0.619. The van der Waals surface area contributed by atoms with E-state index in [2.05, 4.69) is 19.2 Å². The quantitative estimate of drug-likeness (QED) is 0.731. The first-order valence-corrected chi connectivity index (χ1v) is 6.08. The highest BCUT2D eigenvalue weighted by Crippen LogP contribution is 2.19. The van der Waals surface area contributed by atoms with E-state index < -0.39 is 0 Å². The van der Waals surface area contributed by atoms with Crippen LogP contribution in [0.5, 0.6) is 0 Å². The molecule has 0 bridgehead atoms. The Bertz CT molecular complexity index is 171. The molecule has 1 fully saturated rings. The molecule has 3 unspecified atom stereocenters. The predicted molar refractivity (Wildman–Crippen MR) is 61.9 cm³/mol. The van der Waals surface area contributed by atoms with Gasteiger partial charge in [0, 0.05) is 19.2 Å². The van der Waals surface area contributed by atoms with Gasteiger partial charge in [-0.2, -0.15) is 0 Å². The molecular formula is C12H25NO2. The fourth-order valence-corrected chi connectivity index (χ4v) is 2.19. The predicted octanol–water partition coefficient (Wildman–Crippen LogP) is 1.55. The Balaban J connectivity index is 2.41. The van der Waals surface area contributed by atoms with Crippen molar-refractivity contribution in [2.75, 3.05) is 13.7 Å². The second-order valence-corrected chi connectivity index (χ2v) is 4.93. The van der Waals surface area contributed by atoms with Crippen LogP contribution in [0.4, 0.5) is 0 Å². The monoisotopic (exact) mass is 215 g/mol. The summed E-state index contributed by atoms with van der Waals surface area (Å²) < 4.78 is 5.20. The molecule has 2 N–H and O–H groups in total. The van der Waals surface area contributed by atoms with Crippen molar-refractivity contribution in [3.63, 3.8) is 0 Å². The van der Waals surface area contributed by atoms with Crippen molar-refractivity contribution in [1.29, 1.82) is 0 Å². The lowest BCUT2D eigenvalue weighted by atomic mass is 9.91. The normalized spacial score (nSPS) is 29.4. The third-order valence-corrected chi connectivity index (χ3v) is 3.31. The smallest absolute Gasteiger partial charge is 0.0693 e. The lowest BCUT2D eigenvalue weighted by Gasteiger charge is -2.33. The van der Waals surface area contributed by atoms with E-state index in [-0.39, 0.29) is 12.1 Å². The summed E-state index contributed by atoms with van der Waals surface area (Å²) >= 11 is 0. The third-order valence-electron chi connectivity index (χ3n) is 3.31. The fraction of sp³-hybridized carbons (Fsp3) is 1.00. The average Bonchev–Trinajstić information content (AvgIpc) is 2.20. The Morgan fingerprint density at radius 2 is 2.00 bits per heavy atom. The first-order valence-electron chi connectivity index (χ1n) is 6.08. The van der Waals surface area contributed by atoms with Crippen molar-refractivity contribution in [3.05, 3.63) is 0 Å². The molecule has 1 aliphatic rings. The first-order chi connectivity index (χ1) is 7.15. The molecule has 0 saturated heterocycles. The number of methoxy groups -OCH3 is 1. The van der Waals surface area contributed by atoms with Gasteiger partial charge in [-0.25, -0.2) is 0 Å². The molecule has 0 radical (unpaired) electrons. The maximum absolute atomic E-state index is 9.86. The van der Waals surface area contributed by atoms with Crippen LogP contribution in [0.25, 0.3) is 0 Å². The van der Waals surface area contributed by atoms with Crippen molar-refractivity contribution in [1.82, 2.24) is 5.32 Å². The van der Waals surface area contributed by atoms with E-state index in [4.69, 9.17) is 4.74 Å². The van der Waals surface area contributed by atoms with Crippen molar-refractivity contribution in [2.45, 2.75) is 57.7 Å². The van der Waals surface area contributed by atoms with Gasteiger partial charge in [0.15, 0.2) is 0 Å². The first kappa shape index (κ1) is 12.9. The highest BCUT2D eigenvalue weighted by molar-refractivity contribution is 4.84. The summed E-state index contributed by atoms with van der Waals surface area (Å²) in [6.45, 7) is 5.10. The minimum Gasteiger partial charge on any atom is -0.392 e. The van der Waals surface area contributed by atoms with Crippen LogP contribution in [-0.2, 0) is 4.74 Å². The number of hydrogen-bond donors (Lipinski definition) is 2. The van der Waals surface area contributed by atoms with Crippen molar-refractivity contribution >= 4 is 0 Å². The van der Waals surface area contributed by atoms with Crippen molar-refractivity contribution < 1.29 is 9.84 Å². The van der Waals surface area contributed by atoms with Gasteiger partial charge in [0.25, 0.3) is 0 Å². The van der Waals surface area contributed by atoms with E-state index in [1.54, 1.807) is 7.11 Å². The maximum Gasteiger partial charge on any atom is 0.0693 e. The van der Waals surface area contributed by atoms with Gasteiger partial charge >= 0.3 is 0 Å². The minimum absolute atomic E-state index is 0.170. The molecule has 15 heavy (non-hydrogen) atoms. The second kappa shape index (κ2) is 6.46. The largest absolute Gasteiger partial charge is 0.392 e. The van der Waals surface area contributed by atoms with Crippen LogP contribution in [0, 0.1) is 5.92 Å². The molecule has 3 atom stereocenters. The van der Waals surface area contributed by atoms with Crippen LogP contribution in [0.3, 0.4) is 0 Å². The molecule has 0 aromatic carbocycles. The minimum atomic E-state index is -0.170. The van der Waals surface area contributed by atoms with E-state index in [0.717, 1.165) is 25.9 Å². The van der Waals surface area contributed by atoms with E-state index in [1.165, 1.54) is 6.42 Å². The fourth-order valence-electron chi connectivity index (χ4n) is 2.19. The van der Waals surface area contributed by atoms with Gasteiger partial charge < -0.3 is 15.2 Å². The molecule has 1 rings (SSSR count). The van der Waals surface area contributed by atoms with Crippen LogP contribution in [0.15, 0.2) is 0 Å². The SMILES string of the molecule is COCC(NC1CCCCC1O)C(C)C. The van der Waals surface area contributed by atoms with Crippen LogP contribution in [0.1, 0.15) is 39.5 Å². The highest BCUT2D eigenvalue weighted by atomic mass is 16.5. The zero-order valence-corrected chi connectivity index (χ0v) is 10.2. The standard InChI is InChI=1S/C12H25NO2/c1-9(2)11(8-15-3)13-10-6-4-5-7-12(10)14/h9-14H,4-8H2,1-3H3. The molecule has 0 amide bonds. The van der Waals surface area contributed by atoms with Gasteiger partial charge in [0.05, 0.1) is 12.7 Å². The number of nitrogens with one attached hydrogen (secondary N) is 1. The Labute approximate surface area is 93.2 Å². The molecule has 3 nitrogen and oxygen atoms in total. The summed E-state index contributed by atoms with van der Waals surface area (Å²) in [4.78, 5) is 0. The Kier molecular flexibility index (Phi) is 5.58. The zero-order valence-electron chi connectivity index (χ0n) is 10.2. The maximum atomic E-state index is 9.86. The van der Waals surface area contributed by atoms with Gasteiger partial charge in [-0.05, 0) is 18.8 Å². The van der Waals surface area contributed by atoms with Gasteiger partial charge in [-0.3, -0.25) is 0 Å². The van der Waals surface area contributed by atoms with E-state index in [1.807, 2.05) is 0 Å². The third kappa shape index (κ3) is 4.09. The van der Waals surface area contributed by atoms with Crippen LogP contribution in [-0.4, -0.2) is 37.0 Å². The molecular weight excluding hydrogens is 190 g/mol. The number of aliphatic hydroxyl groups is 1. The van der Waals surface area contributed by atoms with E-state index in [9.17, 15) is 5.11 Å². The Morgan fingerprint density at radius 1 is 1.33 bits per heavy atom. The molecule has 90 valence electrons. The summed E-state index contributed by atoms with van der Waals surface area (Å²) in [5.41, 5.74) is 0.